The van der Waals surface area contributed by atoms with Gasteiger partial charge in [0.1, 0.15) is 0 Å². The summed E-state index contributed by atoms with van der Waals surface area (Å²) in [5, 5.41) is 3.47. The molecule has 0 radical (unpaired) electrons. The van der Waals surface area contributed by atoms with Gasteiger partial charge in [-0.25, -0.2) is 4.79 Å². The minimum atomic E-state index is -0.320. The largest absolute Gasteiger partial charge is 0.463 e. The SMILES string of the molecule is CCOC(=O)/C=C/c1ccc(/C(C2=CCCN2)=C(/C)C/C=C\CCl)cc1. The van der Waals surface area contributed by atoms with Crippen LogP contribution in [-0.2, 0) is 9.53 Å². The van der Waals surface area contributed by atoms with Crippen LogP contribution >= 0.6 is 11.6 Å². The fourth-order valence-electron chi connectivity index (χ4n) is 2.86. The first-order valence-corrected chi connectivity index (χ1v) is 9.49. The Balaban J connectivity index is 2.24. The van der Waals surface area contributed by atoms with Gasteiger partial charge in [-0.05, 0) is 43.9 Å². The number of alkyl halides is 1. The Morgan fingerprint density at radius 2 is 2.04 bits per heavy atom. The molecule has 3 nitrogen and oxygen atoms in total. The number of carbonyl (C=O) groups excluding carboxylic acids is 1. The number of carbonyl (C=O) groups is 1. The Hall–Kier alpha value is -2.26. The molecule has 0 aromatic heterocycles. The van der Waals surface area contributed by atoms with Gasteiger partial charge in [0.15, 0.2) is 0 Å². The standard InChI is InChI=1S/C22H26ClNO2/c1-3-26-21(25)14-11-18-9-12-19(13-10-18)22(20-8-6-16-24-20)17(2)7-4-5-15-23/h4-5,8-14,24H,3,6-7,15-16H2,1-2H3/b5-4-,14-11+,22-17+. The topological polar surface area (TPSA) is 38.3 Å². The third kappa shape index (κ3) is 5.92. The lowest BCUT2D eigenvalue weighted by Crippen LogP contribution is -2.10. The number of esters is 1. The van der Waals surface area contributed by atoms with E-state index in [2.05, 4.69) is 36.5 Å². The van der Waals surface area contributed by atoms with E-state index < -0.39 is 0 Å². The first-order chi connectivity index (χ1) is 12.7. The van der Waals surface area contributed by atoms with E-state index in [1.54, 1.807) is 13.0 Å². The van der Waals surface area contributed by atoms with E-state index >= 15 is 0 Å². The van der Waals surface area contributed by atoms with E-state index in [0.717, 1.165) is 30.5 Å². The first-order valence-electron chi connectivity index (χ1n) is 8.96. The van der Waals surface area contributed by atoms with Crippen molar-refractivity contribution in [2.24, 2.45) is 0 Å². The van der Waals surface area contributed by atoms with Crippen molar-refractivity contribution in [3.8, 4) is 0 Å². The summed E-state index contributed by atoms with van der Waals surface area (Å²) in [5.41, 5.74) is 5.85. The highest BCUT2D eigenvalue weighted by molar-refractivity contribution is 6.18. The molecule has 2 rings (SSSR count). The van der Waals surface area contributed by atoms with Gasteiger partial charge >= 0.3 is 5.97 Å². The number of ether oxygens (including phenoxy) is 1. The zero-order valence-corrected chi connectivity index (χ0v) is 16.2. The van der Waals surface area contributed by atoms with Gasteiger partial charge in [0.05, 0.1) is 6.61 Å². The van der Waals surface area contributed by atoms with Gasteiger partial charge in [0.25, 0.3) is 0 Å². The third-order valence-corrected chi connectivity index (χ3v) is 4.26. The van der Waals surface area contributed by atoms with Gasteiger partial charge in [-0.3, -0.25) is 0 Å². The van der Waals surface area contributed by atoms with E-state index in [-0.39, 0.29) is 5.97 Å². The monoisotopic (exact) mass is 371 g/mol. The van der Waals surface area contributed by atoms with Crippen molar-refractivity contribution in [1.29, 1.82) is 0 Å². The Bertz CT molecular complexity index is 727. The Morgan fingerprint density at radius 1 is 1.27 bits per heavy atom. The fraction of sp³-hybridized carbons (Fsp3) is 0.318. The molecule has 26 heavy (non-hydrogen) atoms. The highest BCUT2D eigenvalue weighted by Crippen LogP contribution is 2.29. The number of rotatable bonds is 8. The predicted molar refractivity (Wildman–Crippen MR) is 110 cm³/mol. The molecular weight excluding hydrogens is 346 g/mol. The molecule has 1 aromatic carbocycles. The molecule has 0 fully saturated rings. The second-order valence-corrected chi connectivity index (χ2v) is 6.33. The van der Waals surface area contributed by atoms with Crippen molar-refractivity contribution in [3.63, 3.8) is 0 Å². The molecule has 0 saturated carbocycles. The minimum Gasteiger partial charge on any atom is -0.463 e. The molecule has 1 N–H and O–H groups in total. The van der Waals surface area contributed by atoms with E-state index in [4.69, 9.17) is 16.3 Å². The number of hydrogen-bond acceptors (Lipinski definition) is 3. The van der Waals surface area contributed by atoms with E-state index in [1.165, 1.54) is 22.9 Å². The molecule has 0 aliphatic carbocycles. The lowest BCUT2D eigenvalue weighted by Gasteiger charge is -2.15. The average Bonchev–Trinajstić information content (AvgIpc) is 3.16. The van der Waals surface area contributed by atoms with Crippen molar-refractivity contribution < 1.29 is 9.53 Å². The number of hydrogen-bond donors (Lipinski definition) is 1. The Labute approximate surface area is 161 Å². The van der Waals surface area contributed by atoms with Crippen molar-refractivity contribution in [2.75, 3.05) is 19.0 Å². The van der Waals surface area contributed by atoms with Crippen LogP contribution in [-0.4, -0.2) is 25.0 Å². The van der Waals surface area contributed by atoms with Crippen LogP contribution in [0.5, 0.6) is 0 Å². The van der Waals surface area contributed by atoms with Crippen molar-refractivity contribution in [1.82, 2.24) is 5.32 Å². The molecule has 1 aliphatic heterocycles. The van der Waals surface area contributed by atoms with Gasteiger partial charge in [-0.2, -0.15) is 0 Å². The summed E-state index contributed by atoms with van der Waals surface area (Å²) in [6, 6.07) is 8.22. The summed E-state index contributed by atoms with van der Waals surface area (Å²) in [4.78, 5) is 11.4. The van der Waals surface area contributed by atoms with Gasteiger partial charge in [-0.15, -0.1) is 11.6 Å². The number of halogens is 1. The van der Waals surface area contributed by atoms with E-state index in [0.29, 0.717) is 12.5 Å². The summed E-state index contributed by atoms with van der Waals surface area (Å²) in [7, 11) is 0. The number of allylic oxidation sites excluding steroid dienone is 4. The Morgan fingerprint density at radius 3 is 2.65 bits per heavy atom. The fourth-order valence-corrected chi connectivity index (χ4v) is 2.98. The predicted octanol–water partition coefficient (Wildman–Crippen LogP) is 5.10. The van der Waals surface area contributed by atoms with Crippen LogP contribution in [0.1, 0.15) is 37.8 Å². The van der Waals surface area contributed by atoms with Crippen LogP contribution in [0.3, 0.4) is 0 Å². The quantitative estimate of drug-likeness (QED) is 0.299. The molecule has 1 heterocycles. The zero-order valence-electron chi connectivity index (χ0n) is 15.4. The molecule has 1 aliphatic rings. The normalized spacial score (nSPS) is 15.1. The average molecular weight is 372 g/mol. The lowest BCUT2D eigenvalue weighted by molar-refractivity contribution is -0.137. The Kier molecular flexibility index (Phi) is 8.23. The molecule has 0 spiro atoms. The zero-order chi connectivity index (χ0) is 18.8. The van der Waals surface area contributed by atoms with Gasteiger partial charge in [0.2, 0.25) is 0 Å². The highest BCUT2D eigenvalue weighted by Gasteiger charge is 2.14. The third-order valence-electron chi connectivity index (χ3n) is 4.08. The molecule has 0 bridgehead atoms. The highest BCUT2D eigenvalue weighted by atomic mass is 35.5. The molecular formula is C22H26ClNO2. The summed E-state index contributed by atoms with van der Waals surface area (Å²) in [6.07, 6.45) is 11.5. The summed E-state index contributed by atoms with van der Waals surface area (Å²) in [6.45, 7) is 5.31. The maximum absolute atomic E-state index is 11.4. The van der Waals surface area contributed by atoms with Crippen molar-refractivity contribution in [3.05, 3.63) is 71.0 Å². The number of benzene rings is 1. The molecule has 0 saturated heterocycles. The first kappa shape index (κ1) is 20.1. The van der Waals surface area contributed by atoms with Crippen LogP contribution < -0.4 is 5.32 Å². The summed E-state index contributed by atoms with van der Waals surface area (Å²) < 4.78 is 4.91. The van der Waals surface area contributed by atoms with Crippen LogP contribution in [0, 0.1) is 0 Å². The molecule has 4 heteroatoms. The lowest BCUT2D eigenvalue weighted by atomic mass is 9.95. The smallest absolute Gasteiger partial charge is 0.330 e. The van der Waals surface area contributed by atoms with Crippen LogP contribution in [0.4, 0.5) is 0 Å². The van der Waals surface area contributed by atoms with Crippen molar-refractivity contribution >= 4 is 29.2 Å². The maximum atomic E-state index is 11.4. The van der Waals surface area contributed by atoms with E-state index in [1.807, 2.05) is 18.2 Å². The van der Waals surface area contributed by atoms with Gasteiger partial charge < -0.3 is 10.1 Å². The maximum Gasteiger partial charge on any atom is 0.330 e. The van der Waals surface area contributed by atoms with Crippen LogP contribution in [0.2, 0.25) is 0 Å². The van der Waals surface area contributed by atoms with E-state index in [9.17, 15) is 4.79 Å². The summed E-state index contributed by atoms with van der Waals surface area (Å²) in [5.74, 6) is 0.213. The second-order valence-electron chi connectivity index (χ2n) is 6.03. The van der Waals surface area contributed by atoms with Gasteiger partial charge in [0, 0.05) is 29.8 Å². The number of nitrogens with one attached hydrogen (secondary N) is 1. The summed E-state index contributed by atoms with van der Waals surface area (Å²) >= 11 is 5.73. The van der Waals surface area contributed by atoms with Crippen molar-refractivity contribution in [2.45, 2.75) is 26.7 Å². The molecule has 1 aromatic rings. The van der Waals surface area contributed by atoms with Crippen LogP contribution in [0.25, 0.3) is 11.6 Å². The minimum absolute atomic E-state index is 0.320. The molecule has 0 atom stereocenters. The second kappa shape index (κ2) is 10.7. The molecule has 138 valence electrons. The van der Waals surface area contributed by atoms with Crippen LogP contribution in [0.15, 0.2) is 59.8 Å². The molecule has 0 amide bonds. The van der Waals surface area contributed by atoms with Gasteiger partial charge in [-0.1, -0.05) is 48.1 Å². The molecule has 0 unspecified atom stereocenters.